The van der Waals surface area contributed by atoms with Crippen molar-refractivity contribution in [2.45, 2.75) is 6.54 Å². The van der Waals surface area contributed by atoms with E-state index in [1.165, 1.54) is 28.0 Å². The van der Waals surface area contributed by atoms with E-state index < -0.39 is 17.5 Å². The van der Waals surface area contributed by atoms with Crippen molar-refractivity contribution in [2.24, 2.45) is 0 Å². The van der Waals surface area contributed by atoms with Crippen molar-refractivity contribution in [3.63, 3.8) is 0 Å². The topological polar surface area (TPSA) is 117 Å². The Morgan fingerprint density at radius 2 is 1.52 bits per heavy atom. The zero-order chi connectivity index (χ0) is 27.6. The number of nitrogens with zero attached hydrogens (tertiary/aromatic N) is 6. The first-order valence-corrected chi connectivity index (χ1v) is 12.8. The van der Waals surface area contributed by atoms with Gasteiger partial charge in [0.15, 0.2) is 0 Å². The van der Waals surface area contributed by atoms with Gasteiger partial charge in [0.2, 0.25) is 5.82 Å². The lowest BCUT2D eigenvalue weighted by molar-refractivity contribution is -0.127. The van der Waals surface area contributed by atoms with Crippen LogP contribution in [0.15, 0.2) is 79.0 Å². The maximum Gasteiger partial charge on any atom is 0.295 e. The van der Waals surface area contributed by atoms with Crippen molar-refractivity contribution in [3.05, 3.63) is 102 Å². The van der Waals surface area contributed by atoms with Gasteiger partial charge in [0, 0.05) is 48.9 Å². The Bertz CT molecular complexity index is 1710. The third kappa shape index (κ3) is 4.73. The third-order valence-corrected chi connectivity index (χ3v) is 6.96. The van der Waals surface area contributed by atoms with Gasteiger partial charge in [-0.25, -0.2) is 4.39 Å². The summed E-state index contributed by atoms with van der Waals surface area (Å²) in [6.45, 7) is 1.40. The number of ketones is 1. The Labute approximate surface area is 228 Å². The zero-order valence-electron chi connectivity index (χ0n) is 21.3. The van der Waals surface area contributed by atoms with Crippen molar-refractivity contribution >= 4 is 28.5 Å². The van der Waals surface area contributed by atoms with Gasteiger partial charge < -0.3 is 14.8 Å². The van der Waals surface area contributed by atoms with Crippen molar-refractivity contribution < 1.29 is 18.8 Å². The molecule has 0 atom stereocenters. The van der Waals surface area contributed by atoms with Crippen LogP contribution in [-0.2, 0) is 11.3 Å². The molecule has 1 aliphatic heterocycles. The second kappa shape index (κ2) is 10.5. The van der Waals surface area contributed by atoms with Crippen LogP contribution in [0.4, 0.5) is 4.39 Å². The Kier molecular flexibility index (Phi) is 6.61. The van der Waals surface area contributed by atoms with Gasteiger partial charge >= 0.3 is 0 Å². The molecular weight excluding hydrogens is 513 g/mol. The van der Waals surface area contributed by atoms with Gasteiger partial charge in [-0.1, -0.05) is 48.5 Å². The summed E-state index contributed by atoms with van der Waals surface area (Å²) in [6.07, 6.45) is 1.33. The van der Waals surface area contributed by atoms with Crippen LogP contribution in [0.3, 0.4) is 0 Å². The average Bonchev–Trinajstić information content (AvgIpc) is 3.66. The molecule has 1 fully saturated rings. The van der Waals surface area contributed by atoms with Crippen molar-refractivity contribution in [2.75, 3.05) is 26.2 Å². The number of Topliss-reactive ketones (excluding diaryl/α,β-unsaturated/α-hetero) is 1. The first-order valence-electron chi connectivity index (χ1n) is 12.8. The van der Waals surface area contributed by atoms with Gasteiger partial charge in [0.25, 0.3) is 17.6 Å². The predicted molar refractivity (Wildman–Crippen MR) is 144 cm³/mol. The summed E-state index contributed by atoms with van der Waals surface area (Å²) >= 11 is 0. The van der Waals surface area contributed by atoms with Gasteiger partial charge in [-0.15, -0.1) is 10.2 Å². The van der Waals surface area contributed by atoms with Crippen molar-refractivity contribution in [3.8, 4) is 11.4 Å². The molecule has 5 aromatic rings. The minimum atomic E-state index is -0.828. The Morgan fingerprint density at radius 1 is 0.850 bits per heavy atom. The SMILES string of the molecule is O=C(C(=O)N1CCN(C(=O)c2ccccc2)CC1)c1c[nH]c2c(-c3nnn(Cc4ccccc4)n3)ccc(F)c12. The van der Waals surface area contributed by atoms with Gasteiger partial charge in [-0.3, -0.25) is 14.4 Å². The average molecular weight is 538 g/mol. The summed E-state index contributed by atoms with van der Waals surface area (Å²) < 4.78 is 15.0. The highest BCUT2D eigenvalue weighted by molar-refractivity contribution is 6.45. The summed E-state index contributed by atoms with van der Waals surface area (Å²) in [6, 6.07) is 21.3. The number of tetrazole rings is 1. The molecule has 0 bridgehead atoms. The quantitative estimate of drug-likeness (QED) is 0.263. The zero-order valence-corrected chi connectivity index (χ0v) is 21.3. The van der Waals surface area contributed by atoms with Crippen LogP contribution < -0.4 is 0 Å². The van der Waals surface area contributed by atoms with Crippen LogP contribution in [0.1, 0.15) is 26.3 Å². The number of nitrogens with one attached hydrogen (secondary N) is 1. The summed E-state index contributed by atoms with van der Waals surface area (Å²) in [7, 11) is 0. The molecule has 1 saturated heterocycles. The number of hydrogen-bond acceptors (Lipinski definition) is 6. The highest BCUT2D eigenvalue weighted by Gasteiger charge is 2.31. The molecular formula is C29H24FN7O3. The number of aromatic nitrogens is 5. The number of hydrogen-bond donors (Lipinski definition) is 1. The Balaban J connectivity index is 1.19. The second-order valence-corrected chi connectivity index (χ2v) is 9.46. The molecule has 2 aromatic heterocycles. The standard InChI is InChI=1S/C29H24FN7O3/c30-23-12-11-21(27-32-34-37(33-27)18-19-7-3-1-4-8-19)25-24(23)22(17-31-25)26(38)29(40)36-15-13-35(14-16-36)28(39)20-9-5-2-6-10-20/h1-12,17,31H,13-16,18H2. The Hall–Kier alpha value is -5.19. The number of halogens is 1. The van der Waals surface area contributed by atoms with Crippen molar-refractivity contribution in [1.82, 2.24) is 35.0 Å². The minimum Gasteiger partial charge on any atom is -0.360 e. The fraction of sp³-hybridized carbons (Fsp3) is 0.172. The van der Waals surface area contributed by atoms with Crippen LogP contribution in [0.2, 0.25) is 0 Å². The number of fused-ring (bicyclic) bond motifs is 1. The van der Waals surface area contributed by atoms with E-state index in [1.54, 1.807) is 29.2 Å². The van der Waals surface area contributed by atoms with Gasteiger partial charge in [-0.05, 0) is 35.0 Å². The lowest BCUT2D eigenvalue weighted by atomic mass is 10.0. The van der Waals surface area contributed by atoms with E-state index in [9.17, 15) is 14.4 Å². The molecule has 2 amide bonds. The molecule has 1 aliphatic rings. The van der Waals surface area contributed by atoms with E-state index in [0.717, 1.165) is 5.56 Å². The molecule has 10 nitrogen and oxygen atoms in total. The summed E-state index contributed by atoms with van der Waals surface area (Å²) in [5.74, 6) is -2.09. The predicted octanol–water partition coefficient (Wildman–Crippen LogP) is 3.18. The maximum atomic E-state index is 15.0. The van der Waals surface area contributed by atoms with Crippen LogP contribution in [0, 0.1) is 5.82 Å². The Morgan fingerprint density at radius 3 is 2.25 bits per heavy atom. The molecule has 0 aliphatic carbocycles. The van der Waals surface area contributed by atoms with Gasteiger partial charge in [0.1, 0.15) is 5.82 Å². The normalized spacial score (nSPS) is 13.5. The molecule has 40 heavy (non-hydrogen) atoms. The number of H-pyrrole nitrogens is 1. The smallest absolute Gasteiger partial charge is 0.295 e. The molecule has 0 radical (unpaired) electrons. The summed E-state index contributed by atoms with van der Waals surface area (Å²) in [4.78, 5) is 46.5. The first kappa shape index (κ1) is 25.1. The monoisotopic (exact) mass is 537 g/mol. The first-order chi connectivity index (χ1) is 19.5. The third-order valence-electron chi connectivity index (χ3n) is 6.96. The maximum absolute atomic E-state index is 15.0. The molecule has 0 spiro atoms. The lowest BCUT2D eigenvalue weighted by Crippen LogP contribution is -2.52. The van der Waals surface area contributed by atoms with Crippen LogP contribution >= 0.6 is 0 Å². The summed E-state index contributed by atoms with van der Waals surface area (Å²) in [5, 5.41) is 12.6. The van der Waals surface area contributed by atoms with Gasteiger partial charge in [0.05, 0.1) is 17.6 Å². The van der Waals surface area contributed by atoms with E-state index in [1.807, 2.05) is 36.4 Å². The lowest BCUT2D eigenvalue weighted by Gasteiger charge is -2.34. The molecule has 200 valence electrons. The number of piperazine rings is 1. The number of carbonyl (C=O) groups is 3. The van der Waals surface area contributed by atoms with Crippen LogP contribution in [0.25, 0.3) is 22.3 Å². The van der Waals surface area contributed by atoms with Crippen LogP contribution in [0.5, 0.6) is 0 Å². The molecule has 6 rings (SSSR count). The highest BCUT2D eigenvalue weighted by Crippen LogP contribution is 2.30. The molecule has 11 heteroatoms. The van der Waals surface area contributed by atoms with Gasteiger partial charge in [-0.2, -0.15) is 4.80 Å². The number of amides is 2. The van der Waals surface area contributed by atoms with Crippen molar-refractivity contribution in [1.29, 1.82) is 0 Å². The largest absolute Gasteiger partial charge is 0.360 e. The second-order valence-electron chi connectivity index (χ2n) is 9.46. The summed E-state index contributed by atoms with van der Waals surface area (Å²) in [5.41, 5.74) is 2.24. The van der Waals surface area contributed by atoms with E-state index in [0.29, 0.717) is 36.3 Å². The molecule has 3 aromatic carbocycles. The van der Waals surface area contributed by atoms with E-state index in [2.05, 4.69) is 20.4 Å². The molecule has 0 unspecified atom stereocenters. The fourth-order valence-corrected chi connectivity index (χ4v) is 4.87. The number of carbonyl (C=O) groups excluding carboxylic acids is 3. The number of rotatable bonds is 6. The highest BCUT2D eigenvalue weighted by atomic mass is 19.1. The minimum absolute atomic E-state index is 0.00634. The number of aromatic amines is 1. The van der Waals surface area contributed by atoms with E-state index in [-0.39, 0.29) is 35.8 Å². The fourth-order valence-electron chi connectivity index (χ4n) is 4.87. The molecule has 3 heterocycles. The van der Waals surface area contributed by atoms with Crippen LogP contribution in [-0.4, -0.2) is 78.8 Å². The van der Waals surface area contributed by atoms with E-state index >= 15 is 4.39 Å². The molecule has 1 N–H and O–H groups in total. The number of benzene rings is 3. The molecule has 0 saturated carbocycles. The van der Waals surface area contributed by atoms with E-state index in [4.69, 9.17) is 0 Å².